The number of fused-ring (bicyclic) bond motifs is 2. The SMILES string of the molecule is CCOC(=O)COc1cccc(NC(=O)C2CC3CCCC(C2)C3N)c1.Cl. The fraction of sp³-hybridized carbons (Fsp3) is 0.600. The largest absolute Gasteiger partial charge is 0.482 e. The molecule has 0 spiro atoms. The van der Waals surface area contributed by atoms with E-state index in [4.69, 9.17) is 15.2 Å². The number of anilines is 1. The average Bonchev–Trinajstić information content (AvgIpc) is 2.60. The van der Waals surface area contributed by atoms with E-state index in [1.807, 2.05) is 6.07 Å². The van der Waals surface area contributed by atoms with Crippen LogP contribution in [0.5, 0.6) is 5.75 Å². The number of hydrogen-bond acceptors (Lipinski definition) is 5. The number of carbonyl (C=O) groups excluding carboxylic acids is 2. The molecule has 0 radical (unpaired) electrons. The molecule has 7 heteroatoms. The van der Waals surface area contributed by atoms with Gasteiger partial charge in [0.05, 0.1) is 6.61 Å². The summed E-state index contributed by atoms with van der Waals surface area (Å²) in [5.41, 5.74) is 6.99. The molecule has 2 aliphatic rings. The maximum absolute atomic E-state index is 12.7. The van der Waals surface area contributed by atoms with Gasteiger partial charge in [-0.15, -0.1) is 12.4 Å². The van der Waals surface area contributed by atoms with Crippen LogP contribution in [0.3, 0.4) is 0 Å². The number of nitrogens with two attached hydrogens (primary N) is 1. The van der Waals surface area contributed by atoms with Gasteiger partial charge in [0.25, 0.3) is 0 Å². The molecular formula is C20H29ClN2O4. The van der Waals surface area contributed by atoms with Crippen molar-refractivity contribution >= 4 is 30.0 Å². The number of hydrogen-bond donors (Lipinski definition) is 2. The number of benzene rings is 1. The van der Waals surface area contributed by atoms with Gasteiger partial charge in [-0.05, 0) is 56.6 Å². The van der Waals surface area contributed by atoms with Gasteiger partial charge in [-0.3, -0.25) is 4.79 Å². The Labute approximate surface area is 166 Å². The van der Waals surface area contributed by atoms with Gasteiger partial charge in [0.15, 0.2) is 6.61 Å². The van der Waals surface area contributed by atoms with E-state index in [2.05, 4.69) is 5.32 Å². The quantitative estimate of drug-likeness (QED) is 0.721. The van der Waals surface area contributed by atoms with Gasteiger partial charge < -0.3 is 20.5 Å². The van der Waals surface area contributed by atoms with E-state index >= 15 is 0 Å². The summed E-state index contributed by atoms with van der Waals surface area (Å²) in [6.07, 6.45) is 5.26. The fourth-order valence-corrected chi connectivity index (χ4v) is 4.26. The minimum Gasteiger partial charge on any atom is -0.482 e. The molecule has 0 aliphatic heterocycles. The second-order valence-electron chi connectivity index (χ2n) is 7.31. The van der Waals surface area contributed by atoms with Crippen molar-refractivity contribution < 1.29 is 19.1 Å². The third kappa shape index (κ3) is 5.59. The van der Waals surface area contributed by atoms with Gasteiger partial charge in [-0.1, -0.05) is 12.5 Å². The Hall–Kier alpha value is -1.79. The van der Waals surface area contributed by atoms with Gasteiger partial charge in [-0.25, -0.2) is 4.79 Å². The predicted molar refractivity (Wildman–Crippen MR) is 106 cm³/mol. The molecule has 1 aromatic rings. The zero-order chi connectivity index (χ0) is 18.5. The number of esters is 1. The minimum absolute atomic E-state index is 0. The van der Waals surface area contributed by atoms with Gasteiger partial charge in [0, 0.05) is 23.7 Å². The van der Waals surface area contributed by atoms with Crippen molar-refractivity contribution in [3.05, 3.63) is 24.3 Å². The Balaban J connectivity index is 0.00000261. The summed E-state index contributed by atoms with van der Waals surface area (Å²) in [7, 11) is 0. The first-order valence-corrected chi connectivity index (χ1v) is 9.51. The fourth-order valence-electron chi connectivity index (χ4n) is 4.26. The van der Waals surface area contributed by atoms with Crippen molar-refractivity contribution in [2.75, 3.05) is 18.5 Å². The van der Waals surface area contributed by atoms with E-state index in [1.54, 1.807) is 25.1 Å². The lowest BCUT2D eigenvalue weighted by Crippen LogP contribution is -2.48. The normalized spacial score (nSPS) is 26.4. The average molecular weight is 397 g/mol. The molecule has 2 fully saturated rings. The molecule has 0 saturated heterocycles. The van der Waals surface area contributed by atoms with Crippen LogP contribution in [0.1, 0.15) is 39.0 Å². The number of rotatable bonds is 6. The zero-order valence-corrected chi connectivity index (χ0v) is 16.5. The lowest BCUT2D eigenvalue weighted by Gasteiger charge is -2.43. The van der Waals surface area contributed by atoms with Crippen LogP contribution in [-0.2, 0) is 14.3 Å². The second-order valence-corrected chi connectivity index (χ2v) is 7.31. The third-order valence-corrected chi connectivity index (χ3v) is 5.55. The molecule has 2 bridgehead atoms. The van der Waals surface area contributed by atoms with Crippen molar-refractivity contribution in [2.24, 2.45) is 23.5 Å². The Kier molecular flexibility index (Phi) is 7.92. The topological polar surface area (TPSA) is 90.6 Å². The van der Waals surface area contributed by atoms with Crippen molar-refractivity contribution in [1.29, 1.82) is 0 Å². The molecule has 2 unspecified atom stereocenters. The molecule has 1 aromatic carbocycles. The highest BCUT2D eigenvalue weighted by Gasteiger charge is 2.40. The van der Waals surface area contributed by atoms with E-state index in [9.17, 15) is 9.59 Å². The van der Waals surface area contributed by atoms with Crippen molar-refractivity contribution in [3.63, 3.8) is 0 Å². The van der Waals surface area contributed by atoms with Crippen LogP contribution >= 0.6 is 12.4 Å². The molecule has 2 aliphatic carbocycles. The number of amides is 1. The van der Waals surface area contributed by atoms with E-state index < -0.39 is 5.97 Å². The smallest absolute Gasteiger partial charge is 0.344 e. The Morgan fingerprint density at radius 1 is 1.22 bits per heavy atom. The van der Waals surface area contributed by atoms with Crippen LogP contribution in [0.25, 0.3) is 0 Å². The minimum atomic E-state index is -0.410. The van der Waals surface area contributed by atoms with Crippen LogP contribution in [0.4, 0.5) is 5.69 Å². The van der Waals surface area contributed by atoms with Crippen LogP contribution in [0, 0.1) is 17.8 Å². The highest BCUT2D eigenvalue weighted by atomic mass is 35.5. The molecule has 6 nitrogen and oxygen atoms in total. The Bertz CT molecular complexity index is 641. The Morgan fingerprint density at radius 2 is 1.93 bits per heavy atom. The molecule has 1 amide bonds. The van der Waals surface area contributed by atoms with Crippen molar-refractivity contribution in [3.8, 4) is 5.75 Å². The third-order valence-electron chi connectivity index (χ3n) is 5.55. The second kappa shape index (κ2) is 9.95. The van der Waals surface area contributed by atoms with Crippen molar-refractivity contribution in [2.45, 2.75) is 45.1 Å². The number of nitrogens with one attached hydrogen (secondary N) is 1. The molecule has 2 saturated carbocycles. The maximum atomic E-state index is 12.7. The lowest BCUT2D eigenvalue weighted by atomic mass is 9.65. The highest BCUT2D eigenvalue weighted by molar-refractivity contribution is 5.92. The van der Waals surface area contributed by atoms with Crippen molar-refractivity contribution in [1.82, 2.24) is 0 Å². The molecule has 2 atom stereocenters. The van der Waals surface area contributed by atoms with E-state index in [0.717, 1.165) is 25.7 Å². The first-order chi connectivity index (χ1) is 12.6. The summed E-state index contributed by atoms with van der Waals surface area (Å²) in [6.45, 7) is 1.93. The highest BCUT2D eigenvalue weighted by Crippen LogP contribution is 2.42. The van der Waals surface area contributed by atoms with Gasteiger partial charge in [-0.2, -0.15) is 0 Å². The first kappa shape index (κ1) is 21.5. The monoisotopic (exact) mass is 396 g/mol. The number of carbonyl (C=O) groups is 2. The summed E-state index contributed by atoms with van der Waals surface area (Å²) < 4.78 is 10.3. The summed E-state index contributed by atoms with van der Waals surface area (Å²) in [4.78, 5) is 24.1. The van der Waals surface area contributed by atoms with Gasteiger partial charge in [0.2, 0.25) is 5.91 Å². The van der Waals surface area contributed by atoms with Crippen LogP contribution in [-0.4, -0.2) is 31.1 Å². The van der Waals surface area contributed by atoms with E-state index in [0.29, 0.717) is 29.9 Å². The molecule has 3 N–H and O–H groups in total. The van der Waals surface area contributed by atoms with Crippen LogP contribution < -0.4 is 15.8 Å². The Morgan fingerprint density at radius 3 is 2.59 bits per heavy atom. The molecule has 0 aromatic heterocycles. The summed E-state index contributed by atoms with van der Waals surface area (Å²) in [5, 5.41) is 2.99. The molecular weight excluding hydrogens is 368 g/mol. The molecule has 0 heterocycles. The predicted octanol–water partition coefficient (Wildman–Crippen LogP) is 3.14. The molecule has 150 valence electrons. The summed E-state index contributed by atoms with van der Waals surface area (Å²) >= 11 is 0. The van der Waals surface area contributed by atoms with E-state index in [-0.39, 0.29) is 36.9 Å². The number of ether oxygens (including phenoxy) is 2. The van der Waals surface area contributed by atoms with Crippen LogP contribution in [0.2, 0.25) is 0 Å². The summed E-state index contributed by atoms with van der Waals surface area (Å²) in [6, 6.07) is 7.35. The zero-order valence-electron chi connectivity index (χ0n) is 15.7. The lowest BCUT2D eigenvalue weighted by molar-refractivity contribution is -0.145. The van der Waals surface area contributed by atoms with Gasteiger partial charge in [0.1, 0.15) is 5.75 Å². The molecule has 3 rings (SSSR count). The van der Waals surface area contributed by atoms with Gasteiger partial charge >= 0.3 is 5.97 Å². The molecule has 27 heavy (non-hydrogen) atoms. The number of halogens is 1. The standard InChI is InChI=1S/C20H28N2O4.ClH/c1-2-25-18(23)12-26-17-8-4-7-16(11-17)22-20(24)15-9-13-5-3-6-14(10-15)19(13)21;/h4,7-8,11,13-15,19H,2-3,5-6,9-10,12,21H2,1H3,(H,22,24);1H. The maximum Gasteiger partial charge on any atom is 0.344 e. The first-order valence-electron chi connectivity index (χ1n) is 9.51. The van der Waals surface area contributed by atoms with E-state index in [1.165, 1.54) is 6.42 Å². The summed E-state index contributed by atoms with van der Waals surface area (Å²) in [5.74, 6) is 1.13. The van der Waals surface area contributed by atoms with Crippen LogP contribution in [0.15, 0.2) is 24.3 Å².